The lowest BCUT2D eigenvalue weighted by Crippen LogP contribution is -2.37. The van der Waals surface area contributed by atoms with E-state index < -0.39 is 0 Å². The maximum atomic E-state index is 13.2. The van der Waals surface area contributed by atoms with E-state index >= 15 is 0 Å². The van der Waals surface area contributed by atoms with Gasteiger partial charge in [-0.15, -0.1) is 11.3 Å². The van der Waals surface area contributed by atoms with E-state index in [0.717, 1.165) is 48.4 Å². The number of carbonyl (C=O) groups is 1. The van der Waals surface area contributed by atoms with E-state index in [0.29, 0.717) is 23.8 Å². The van der Waals surface area contributed by atoms with Gasteiger partial charge in [0.2, 0.25) is 0 Å². The van der Waals surface area contributed by atoms with Crippen LogP contribution in [0.3, 0.4) is 0 Å². The SMILES string of the molecule is Cc1cccn2cc(COc3cccc(C(=O)N4CCC(c5nc6ccccc6s5)CC4)c3)nc12. The minimum atomic E-state index is 0.0570. The van der Waals surface area contributed by atoms with Gasteiger partial charge in [0.1, 0.15) is 18.0 Å². The molecule has 0 bridgehead atoms. The number of piperidine rings is 1. The third-order valence-electron chi connectivity index (χ3n) is 6.64. The number of aromatic nitrogens is 3. The molecule has 1 aliphatic rings. The molecule has 1 amide bonds. The van der Waals surface area contributed by atoms with Crippen molar-refractivity contribution in [3.63, 3.8) is 0 Å². The normalized spacial score (nSPS) is 14.6. The number of hydrogen-bond donors (Lipinski definition) is 0. The molecule has 1 aliphatic heterocycles. The first-order chi connectivity index (χ1) is 17.1. The van der Waals surface area contributed by atoms with E-state index in [-0.39, 0.29) is 5.91 Å². The highest BCUT2D eigenvalue weighted by atomic mass is 32.1. The average molecular weight is 483 g/mol. The molecular formula is C28H26N4O2S. The highest BCUT2D eigenvalue weighted by Crippen LogP contribution is 2.34. The van der Waals surface area contributed by atoms with Gasteiger partial charge in [-0.25, -0.2) is 9.97 Å². The number of fused-ring (bicyclic) bond motifs is 2. The molecule has 3 aromatic heterocycles. The smallest absolute Gasteiger partial charge is 0.253 e. The Kier molecular flexibility index (Phi) is 5.70. The van der Waals surface area contributed by atoms with E-state index in [1.54, 1.807) is 11.3 Å². The summed E-state index contributed by atoms with van der Waals surface area (Å²) in [4.78, 5) is 24.7. The Labute approximate surface area is 207 Å². The molecule has 1 saturated heterocycles. The van der Waals surface area contributed by atoms with Gasteiger partial charge in [0.15, 0.2) is 0 Å². The third kappa shape index (κ3) is 4.39. The number of hydrogen-bond acceptors (Lipinski definition) is 5. The second-order valence-electron chi connectivity index (χ2n) is 9.06. The van der Waals surface area contributed by atoms with Gasteiger partial charge in [-0.1, -0.05) is 24.3 Å². The standard InChI is InChI=1S/C28H26N4O2S/c1-19-6-5-13-32-17-22(29-26(19)32)18-34-23-8-4-7-21(16-23)28(33)31-14-11-20(12-15-31)27-30-24-9-2-3-10-25(24)35-27/h2-10,13,16-17,20H,11-12,14-15,18H2,1H3. The Morgan fingerprint density at radius 3 is 2.74 bits per heavy atom. The van der Waals surface area contributed by atoms with Crippen LogP contribution >= 0.6 is 11.3 Å². The number of rotatable bonds is 5. The number of imidazole rings is 1. The molecule has 6 rings (SSSR count). The first-order valence-electron chi connectivity index (χ1n) is 11.9. The quantitative estimate of drug-likeness (QED) is 0.315. The van der Waals surface area contributed by atoms with Gasteiger partial charge < -0.3 is 14.0 Å². The molecule has 5 aromatic rings. The molecule has 2 aromatic carbocycles. The van der Waals surface area contributed by atoms with Crippen LogP contribution in [0, 0.1) is 6.92 Å². The fraction of sp³-hybridized carbons (Fsp3) is 0.250. The zero-order chi connectivity index (χ0) is 23.8. The second-order valence-corrected chi connectivity index (χ2v) is 10.1. The second kappa shape index (κ2) is 9.15. The fourth-order valence-corrected chi connectivity index (χ4v) is 5.86. The monoisotopic (exact) mass is 482 g/mol. The van der Waals surface area contributed by atoms with Gasteiger partial charge in [0, 0.05) is 37.0 Å². The number of thiazole rings is 1. The molecule has 176 valence electrons. The summed E-state index contributed by atoms with van der Waals surface area (Å²) in [6.07, 6.45) is 5.84. The van der Waals surface area contributed by atoms with Crippen LogP contribution in [0.4, 0.5) is 0 Å². The predicted octanol–water partition coefficient (Wildman–Crippen LogP) is 5.85. The van der Waals surface area contributed by atoms with E-state index in [1.807, 2.05) is 71.1 Å². The van der Waals surface area contributed by atoms with Crippen molar-refractivity contribution in [3.8, 4) is 5.75 Å². The van der Waals surface area contributed by atoms with E-state index in [4.69, 9.17) is 9.72 Å². The van der Waals surface area contributed by atoms with Crippen molar-refractivity contribution in [1.82, 2.24) is 19.3 Å². The van der Waals surface area contributed by atoms with Crippen molar-refractivity contribution in [2.24, 2.45) is 0 Å². The maximum Gasteiger partial charge on any atom is 0.253 e. The first kappa shape index (κ1) is 21.8. The number of nitrogens with zero attached hydrogens (tertiary/aromatic N) is 4. The van der Waals surface area contributed by atoms with Gasteiger partial charge in [0.05, 0.1) is 20.9 Å². The molecule has 0 aliphatic carbocycles. The molecule has 0 radical (unpaired) electrons. The van der Waals surface area contributed by atoms with Crippen LogP contribution in [-0.2, 0) is 6.61 Å². The molecule has 0 atom stereocenters. The molecule has 4 heterocycles. The zero-order valence-electron chi connectivity index (χ0n) is 19.6. The van der Waals surface area contributed by atoms with Crippen molar-refractivity contribution in [2.75, 3.05) is 13.1 Å². The first-order valence-corrected chi connectivity index (χ1v) is 12.8. The highest BCUT2D eigenvalue weighted by Gasteiger charge is 2.26. The van der Waals surface area contributed by atoms with Crippen LogP contribution in [0.5, 0.6) is 5.75 Å². The summed E-state index contributed by atoms with van der Waals surface area (Å²) >= 11 is 1.78. The molecule has 0 unspecified atom stereocenters. The van der Waals surface area contributed by atoms with Crippen LogP contribution in [-0.4, -0.2) is 38.3 Å². The Balaban J connectivity index is 1.09. The third-order valence-corrected chi connectivity index (χ3v) is 7.84. The van der Waals surface area contributed by atoms with E-state index in [2.05, 4.69) is 23.2 Å². The molecule has 7 heteroatoms. The topological polar surface area (TPSA) is 59.7 Å². The van der Waals surface area contributed by atoms with Crippen LogP contribution in [0.1, 0.15) is 45.4 Å². The number of amides is 1. The summed E-state index contributed by atoms with van der Waals surface area (Å²) in [6.45, 7) is 3.88. The highest BCUT2D eigenvalue weighted by molar-refractivity contribution is 7.18. The van der Waals surface area contributed by atoms with Crippen LogP contribution in [0.2, 0.25) is 0 Å². The van der Waals surface area contributed by atoms with Gasteiger partial charge in [-0.2, -0.15) is 0 Å². The number of benzene rings is 2. The molecule has 0 spiro atoms. The number of likely N-dealkylation sites (tertiary alicyclic amines) is 1. The Hall–Kier alpha value is -3.71. The summed E-state index contributed by atoms with van der Waals surface area (Å²) in [7, 11) is 0. The molecule has 1 fully saturated rings. The van der Waals surface area contributed by atoms with Gasteiger partial charge in [-0.3, -0.25) is 4.79 Å². The van der Waals surface area contributed by atoms with Crippen molar-refractivity contribution in [2.45, 2.75) is 32.3 Å². The number of ether oxygens (including phenoxy) is 1. The summed E-state index contributed by atoms with van der Waals surface area (Å²) in [5.74, 6) is 1.15. The maximum absolute atomic E-state index is 13.2. The average Bonchev–Trinajstić information content (AvgIpc) is 3.52. The van der Waals surface area contributed by atoms with Crippen molar-refractivity contribution >= 4 is 33.1 Å². The molecule has 35 heavy (non-hydrogen) atoms. The lowest BCUT2D eigenvalue weighted by Gasteiger charge is -2.31. The fourth-order valence-electron chi connectivity index (χ4n) is 4.73. The Bertz CT molecular complexity index is 1480. The van der Waals surface area contributed by atoms with Gasteiger partial charge >= 0.3 is 0 Å². The van der Waals surface area contributed by atoms with Crippen LogP contribution in [0.25, 0.3) is 15.9 Å². The minimum absolute atomic E-state index is 0.0570. The number of para-hydroxylation sites is 1. The predicted molar refractivity (Wildman–Crippen MR) is 138 cm³/mol. The number of carbonyl (C=O) groups excluding carboxylic acids is 1. The summed E-state index contributed by atoms with van der Waals surface area (Å²) < 4.78 is 9.23. The summed E-state index contributed by atoms with van der Waals surface area (Å²) in [5, 5.41) is 1.19. The minimum Gasteiger partial charge on any atom is -0.487 e. The largest absolute Gasteiger partial charge is 0.487 e. The molecule has 6 nitrogen and oxygen atoms in total. The lowest BCUT2D eigenvalue weighted by atomic mass is 9.97. The summed E-state index contributed by atoms with van der Waals surface area (Å²) in [5.41, 5.74) is 4.64. The van der Waals surface area contributed by atoms with Gasteiger partial charge in [-0.05, 0) is 61.7 Å². The Morgan fingerprint density at radius 1 is 1.06 bits per heavy atom. The number of pyridine rings is 1. The number of aryl methyl sites for hydroxylation is 1. The lowest BCUT2D eigenvalue weighted by molar-refractivity contribution is 0.0712. The van der Waals surface area contributed by atoms with Gasteiger partial charge in [0.25, 0.3) is 5.91 Å². The zero-order valence-corrected chi connectivity index (χ0v) is 20.4. The Morgan fingerprint density at radius 2 is 1.91 bits per heavy atom. The van der Waals surface area contributed by atoms with Crippen molar-refractivity contribution < 1.29 is 9.53 Å². The van der Waals surface area contributed by atoms with E-state index in [1.165, 1.54) is 9.71 Å². The molecular weight excluding hydrogens is 456 g/mol. The van der Waals surface area contributed by atoms with Crippen molar-refractivity contribution in [1.29, 1.82) is 0 Å². The van der Waals surface area contributed by atoms with Crippen LogP contribution in [0.15, 0.2) is 73.1 Å². The van der Waals surface area contributed by atoms with Crippen molar-refractivity contribution in [3.05, 3.63) is 94.9 Å². The molecule has 0 saturated carbocycles. The van der Waals surface area contributed by atoms with Crippen LogP contribution < -0.4 is 4.74 Å². The van der Waals surface area contributed by atoms with E-state index in [9.17, 15) is 4.79 Å². The summed E-state index contributed by atoms with van der Waals surface area (Å²) in [6, 6.07) is 19.8. The molecule has 0 N–H and O–H groups in total.